The van der Waals surface area contributed by atoms with Gasteiger partial charge in [0.05, 0.1) is 22.2 Å². The molecule has 0 bridgehead atoms. The summed E-state index contributed by atoms with van der Waals surface area (Å²) in [6, 6.07) is 49.2. The summed E-state index contributed by atoms with van der Waals surface area (Å²) in [5, 5.41) is 12.6. The molecule has 0 aliphatic heterocycles. The minimum Gasteiger partial charge on any atom is -0.456 e. The quantitative estimate of drug-likeness (QED) is 0.175. The zero-order valence-corrected chi connectivity index (χ0v) is 26.9. The van der Waals surface area contributed by atoms with Crippen molar-refractivity contribution in [2.24, 2.45) is 0 Å². The van der Waals surface area contributed by atoms with Crippen molar-refractivity contribution in [2.75, 3.05) is 0 Å². The van der Waals surface area contributed by atoms with Crippen LogP contribution in [0.2, 0.25) is 0 Å². The molecule has 51 heavy (non-hydrogen) atoms. The van der Waals surface area contributed by atoms with Crippen LogP contribution in [0.4, 0.5) is 0 Å². The highest BCUT2D eigenvalue weighted by atomic mass is 16.3. The van der Waals surface area contributed by atoms with Crippen LogP contribution in [0, 0.1) is 0 Å². The van der Waals surface area contributed by atoms with Crippen LogP contribution < -0.4 is 0 Å². The molecule has 0 saturated carbocycles. The highest BCUT2D eigenvalue weighted by Crippen LogP contribution is 2.50. The van der Waals surface area contributed by atoms with Crippen LogP contribution in [-0.2, 0) is 0 Å². The second kappa shape index (κ2) is 8.97. The largest absolute Gasteiger partial charge is 0.456 e. The van der Waals surface area contributed by atoms with Crippen molar-refractivity contribution >= 4 is 98.1 Å². The average Bonchev–Trinajstić information content (AvgIpc) is 3.83. The Balaban J connectivity index is 1.20. The van der Waals surface area contributed by atoms with E-state index in [0.29, 0.717) is 5.95 Å². The van der Waals surface area contributed by atoms with E-state index >= 15 is 0 Å². The van der Waals surface area contributed by atoms with Crippen molar-refractivity contribution in [1.82, 2.24) is 14.5 Å². The highest BCUT2D eigenvalue weighted by Gasteiger charge is 2.27. The molecule has 4 heterocycles. The van der Waals surface area contributed by atoms with Gasteiger partial charge in [-0.15, -0.1) is 0 Å². The van der Waals surface area contributed by atoms with E-state index in [-0.39, 0.29) is 0 Å². The van der Waals surface area contributed by atoms with Gasteiger partial charge < -0.3 is 8.83 Å². The van der Waals surface area contributed by atoms with Crippen LogP contribution in [0.5, 0.6) is 0 Å². The van der Waals surface area contributed by atoms with Gasteiger partial charge in [-0.3, -0.25) is 4.57 Å². The first-order valence-corrected chi connectivity index (χ1v) is 17.2. The van der Waals surface area contributed by atoms with Crippen molar-refractivity contribution in [1.29, 1.82) is 0 Å². The topological polar surface area (TPSA) is 57.0 Å². The van der Waals surface area contributed by atoms with Crippen LogP contribution >= 0.6 is 0 Å². The van der Waals surface area contributed by atoms with Crippen molar-refractivity contribution < 1.29 is 8.83 Å². The Bertz CT molecular complexity index is 3550. The molecule has 0 spiro atoms. The lowest BCUT2D eigenvalue weighted by molar-refractivity contribution is 0.669. The fraction of sp³-hybridized carbons (Fsp3) is 0. The van der Waals surface area contributed by atoms with Gasteiger partial charge in [-0.05, 0) is 81.9 Å². The summed E-state index contributed by atoms with van der Waals surface area (Å²) < 4.78 is 15.0. The Morgan fingerprint density at radius 2 is 1.10 bits per heavy atom. The van der Waals surface area contributed by atoms with Gasteiger partial charge >= 0.3 is 0 Å². The first kappa shape index (κ1) is 26.0. The maximum Gasteiger partial charge on any atom is 0.235 e. The zero-order chi connectivity index (χ0) is 32.9. The van der Waals surface area contributed by atoms with Crippen LogP contribution in [0.1, 0.15) is 0 Å². The first-order valence-electron chi connectivity index (χ1n) is 17.2. The molecule has 0 atom stereocenters. The average molecular weight is 650 g/mol. The fourth-order valence-electron chi connectivity index (χ4n) is 9.01. The number of hydrogen-bond acceptors (Lipinski definition) is 4. The second-order valence-electron chi connectivity index (χ2n) is 13.7. The number of aromatic nitrogens is 3. The van der Waals surface area contributed by atoms with Gasteiger partial charge in [-0.25, -0.2) is 9.97 Å². The van der Waals surface area contributed by atoms with Crippen molar-refractivity contribution in [2.45, 2.75) is 0 Å². The van der Waals surface area contributed by atoms with E-state index in [0.717, 1.165) is 82.5 Å². The number of benzene rings is 8. The molecule has 8 aromatic carbocycles. The van der Waals surface area contributed by atoms with Gasteiger partial charge in [0.2, 0.25) is 5.95 Å². The molecule has 0 saturated heterocycles. The molecule has 0 radical (unpaired) electrons. The molecule has 0 N–H and O–H groups in total. The van der Waals surface area contributed by atoms with Crippen LogP contribution in [0.3, 0.4) is 0 Å². The Morgan fingerprint density at radius 1 is 0.412 bits per heavy atom. The number of hydrogen-bond donors (Lipinski definition) is 0. The molecule has 13 rings (SSSR count). The predicted molar refractivity (Wildman–Crippen MR) is 208 cm³/mol. The van der Waals surface area contributed by atoms with E-state index in [1.165, 1.54) is 38.1 Å². The van der Waals surface area contributed by atoms with Gasteiger partial charge in [0.25, 0.3) is 0 Å². The maximum absolute atomic E-state index is 6.54. The monoisotopic (exact) mass is 649 g/mol. The van der Waals surface area contributed by atoms with E-state index in [2.05, 4.69) is 132 Å². The van der Waals surface area contributed by atoms with Gasteiger partial charge in [-0.1, -0.05) is 84.9 Å². The number of nitrogens with zero attached hydrogens (tertiary/aromatic N) is 3. The minimum absolute atomic E-state index is 0.633. The van der Waals surface area contributed by atoms with Gasteiger partial charge in [-0.2, -0.15) is 0 Å². The summed E-state index contributed by atoms with van der Waals surface area (Å²) in [4.78, 5) is 10.9. The predicted octanol–water partition coefficient (Wildman–Crippen LogP) is 12.5. The summed E-state index contributed by atoms with van der Waals surface area (Å²) in [5.74, 6) is 0.633. The normalized spacial score (nSPS) is 12.7. The van der Waals surface area contributed by atoms with Crippen molar-refractivity contribution in [3.63, 3.8) is 0 Å². The smallest absolute Gasteiger partial charge is 0.235 e. The lowest BCUT2D eigenvalue weighted by Gasteiger charge is -2.14. The number of para-hydroxylation sites is 1. The molecule has 0 amide bonds. The summed E-state index contributed by atoms with van der Waals surface area (Å²) in [5.41, 5.74) is 10.9. The van der Waals surface area contributed by atoms with E-state index in [1.807, 2.05) is 12.1 Å². The number of rotatable bonds is 2. The van der Waals surface area contributed by atoms with Gasteiger partial charge in [0.15, 0.2) is 0 Å². The van der Waals surface area contributed by atoms with Crippen molar-refractivity contribution in [3.05, 3.63) is 140 Å². The molecular weight excluding hydrogens is 627 g/mol. The zero-order valence-electron chi connectivity index (χ0n) is 26.9. The molecule has 5 nitrogen and oxygen atoms in total. The van der Waals surface area contributed by atoms with E-state index in [4.69, 9.17) is 18.8 Å². The lowest BCUT2D eigenvalue weighted by atomic mass is 9.95. The number of furan rings is 2. The maximum atomic E-state index is 6.54. The molecule has 0 fully saturated rings. The Hall–Kier alpha value is -6.98. The number of fused-ring (bicyclic) bond motifs is 7. The third-order valence-corrected chi connectivity index (χ3v) is 11.1. The molecule has 12 aromatic rings. The summed E-state index contributed by atoms with van der Waals surface area (Å²) in [6.45, 7) is 0. The van der Waals surface area contributed by atoms with Gasteiger partial charge in [0, 0.05) is 48.7 Å². The third kappa shape index (κ3) is 3.17. The van der Waals surface area contributed by atoms with E-state index in [1.54, 1.807) is 0 Å². The van der Waals surface area contributed by atoms with Crippen LogP contribution in [0.15, 0.2) is 148 Å². The lowest BCUT2D eigenvalue weighted by Crippen LogP contribution is -2.04. The minimum atomic E-state index is 0.633. The Kier molecular flexibility index (Phi) is 4.57. The molecule has 0 unspecified atom stereocenters. The Morgan fingerprint density at radius 3 is 2.04 bits per heavy atom. The molecule has 4 aromatic heterocycles. The summed E-state index contributed by atoms with van der Waals surface area (Å²) in [6.07, 6.45) is 0. The van der Waals surface area contributed by atoms with Crippen LogP contribution in [-0.4, -0.2) is 14.5 Å². The van der Waals surface area contributed by atoms with Crippen molar-refractivity contribution in [3.8, 4) is 28.3 Å². The highest BCUT2D eigenvalue weighted by molar-refractivity contribution is 6.37. The third-order valence-electron chi connectivity index (χ3n) is 11.1. The summed E-state index contributed by atoms with van der Waals surface area (Å²) in [7, 11) is 0. The molecule has 1 aliphatic rings. The molecule has 5 heteroatoms. The van der Waals surface area contributed by atoms with Crippen LogP contribution in [0.25, 0.3) is 126 Å². The Labute approximate surface area is 288 Å². The molecule has 1 aliphatic carbocycles. The van der Waals surface area contributed by atoms with E-state index in [9.17, 15) is 0 Å². The fourth-order valence-corrected chi connectivity index (χ4v) is 9.01. The second-order valence-corrected chi connectivity index (χ2v) is 13.7. The standard InChI is InChI=1S/C46H23N3O2/c1-2-9-27-24(7-1)15-18-32-40(27)45(26-17-20-36-31(23-26)28-10-3-4-14-35(28)50-36)48-46(47-32)49-33-13-6-12-30-29-11-5-8-25-16-21-37-43(39(25)29)44-38(51-37)22-19-34(49)42(44)41(30)33/h1-23H. The molecule has 234 valence electrons. The molecular formula is C46H23N3O2. The van der Waals surface area contributed by atoms with E-state index < -0.39 is 0 Å². The van der Waals surface area contributed by atoms with Gasteiger partial charge in [0.1, 0.15) is 22.3 Å². The first-order chi connectivity index (χ1) is 25.3. The summed E-state index contributed by atoms with van der Waals surface area (Å²) >= 11 is 0. The SMILES string of the molecule is c1ccc2c(c1)ccc1nc(-n3c4cccc5c4c4c6c(ccc43)oc3ccc4cccc-5c4c36)nc(-c3ccc4oc5ccccc5c4c3)c12.